The van der Waals surface area contributed by atoms with Crippen LogP contribution in [0.25, 0.3) is 0 Å². The lowest BCUT2D eigenvalue weighted by molar-refractivity contribution is -0.138. The number of nitrogens with zero attached hydrogens (tertiary/aromatic N) is 1. The van der Waals surface area contributed by atoms with E-state index in [9.17, 15) is 13.2 Å². The first-order valence-corrected chi connectivity index (χ1v) is 8.62. The minimum atomic E-state index is -3.01. The molecule has 104 valence electrons. The lowest BCUT2D eigenvalue weighted by Gasteiger charge is -2.40. The molecule has 0 radical (unpaired) electrons. The van der Waals surface area contributed by atoms with Crippen LogP contribution in [0.3, 0.4) is 0 Å². The molecule has 1 aliphatic carbocycles. The van der Waals surface area contributed by atoms with Gasteiger partial charge in [0.25, 0.3) is 0 Å². The van der Waals surface area contributed by atoms with E-state index < -0.39 is 9.84 Å². The number of hydrogen-bond acceptors (Lipinski definition) is 3. The fraction of sp³-hybridized carbons (Fsp3) is 0.923. The van der Waals surface area contributed by atoms with Gasteiger partial charge in [-0.15, -0.1) is 0 Å². The summed E-state index contributed by atoms with van der Waals surface area (Å²) in [5, 5.41) is -0.315. The van der Waals surface area contributed by atoms with Crippen molar-refractivity contribution in [3.63, 3.8) is 0 Å². The van der Waals surface area contributed by atoms with Gasteiger partial charge in [0, 0.05) is 19.0 Å². The summed E-state index contributed by atoms with van der Waals surface area (Å²) in [4.78, 5) is 13.8. The van der Waals surface area contributed by atoms with E-state index in [-0.39, 0.29) is 28.7 Å². The van der Waals surface area contributed by atoms with Crippen LogP contribution in [0.15, 0.2) is 0 Å². The Morgan fingerprint density at radius 1 is 1.22 bits per heavy atom. The molecule has 1 amide bonds. The summed E-state index contributed by atoms with van der Waals surface area (Å²) >= 11 is 0. The van der Waals surface area contributed by atoms with E-state index in [0.717, 1.165) is 25.7 Å². The monoisotopic (exact) mass is 273 g/mol. The molecule has 0 N–H and O–H groups in total. The van der Waals surface area contributed by atoms with Crippen LogP contribution in [-0.2, 0) is 14.6 Å². The van der Waals surface area contributed by atoms with Crippen molar-refractivity contribution in [1.29, 1.82) is 0 Å². The molecule has 18 heavy (non-hydrogen) atoms. The van der Waals surface area contributed by atoms with Gasteiger partial charge in [-0.3, -0.25) is 4.79 Å². The number of carbonyl (C=O) groups is 1. The zero-order valence-electron chi connectivity index (χ0n) is 11.3. The lowest BCUT2D eigenvalue weighted by Crippen LogP contribution is -2.58. The summed E-state index contributed by atoms with van der Waals surface area (Å²) < 4.78 is 23.9. The molecule has 0 spiro atoms. The van der Waals surface area contributed by atoms with Crippen LogP contribution in [0.5, 0.6) is 0 Å². The van der Waals surface area contributed by atoms with Gasteiger partial charge in [-0.05, 0) is 18.8 Å². The Morgan fingerprint density at radius 2 is 1.78 bits per heavy atom. The van der Waals surface area contributed by atoms with Gasteiger partial charge in [0.05, 0.1) is 11.0 Å². The summed E-state index contributed by atoms with van der Waals surface area (Å²) in [7, 11) is -3.01. The van der Waals surface area contributed by atoms with Gasteiger partial charge in [-0.25, -0.2) is 8.42 Å². The first-order chi connectivity index (χ1) is 8.40. The minimum Gasteiger partial charge on any atom is -0.340 e. The van der Waals surface area contributed by atoms with E-state index in [1.54, 1.807) is 4.90 Å². The Hall–Kier alpha value is -0.580. The zero-order chi connectivity index (χ0) is 13.3. The maximum absolute atomic E-state index is 12.1. The molecule has 0 aromatic carbocycles. The Kier molecular flexibility index (Phi) is 3.99. The molecule has 2 fully saturated rings. The fourth-order valence-electron chi connectivity index (χ4n) is 2.88. The van der Waals surface area contributed by atoms with Gasteiger partial charge in [0.1, 0.15) is 0 Å². The molecular formula is C13H23NO3S. The highest BCUT2D eigenvalue weighted by atomic mass is 32.2. The highest BCUT2D eigenvalue weighted by Gasteiger charge is 2.41. The lowest BCUT2D eigenvalue weighted by atomic mass is 10.0. The smallest absolute Gasteiger partial charge is 0.225 e. The summed E-state index contributed by atoms with van der Waals surface area (Å²) in [5.74, 6) is 0.750. The van der Waals surface area contributed by atoms with E-state index in [0.29, 0.717) is 13.1 Å². The second kappa shape index (κ2) is 5.19. The van der Waals surface area contributed by atoms with E-state index in [4.69, 9.17) is 0 Å². The Morgan fingerprint density at radius 3 is 2.28 bits per heavy atom. The molecule has 0 bridgehead atoms. The average molecular weight is 273 g/mol. The van der Waals surface area contributed by atoms with Gasteiger partial charge in [-0.2, -0.15) is 0 Å². The van der Waals surface area contributed by atoms with Gasteiger partial charge in [-0.1, -0.05) is 26.7 Å². The predicted octanol–water partition coefficient (Wildman–Crippen LogP) is 1.46. The summed E-state index contributed by atoms with van der Waals surface area (Å²) in [5.41, 5.74) is 0. The van der Waals surface area contributed by atoms with Crippen molar-refractivity contribution in [3.05, 3.63) is 0 Å². The third kappa shape index (κ3) is 2.87. The molecule has 0 aromatic heterocycles. The molecule has 0 atom stereocenters. The molecular weight excluding hydrogens is 250 g/mol. The van der Waals surface area contributed by atoms with Crippen molar-refractivity contribution in [2.45, 2.75) is 44.8 Å². The van der Waals surface area contributed by atoms with Crippen molar-refractivity contribution < 1.29 is 13.2 Å². The number of carbonyl (C=O) groups excluding carboxylic acids is 1. The minimum absolute atomic E-state index is 0.162. The Bertz CT molecular complexity index is 404. The third-order valence-electron chi connectivity index (χ3n) is 3.94. The van der Waals surface area contributed by atoms with Crippen molar-refractivity contribution in [1.82, 2.24) is 4.90 Å². The zero-order valence-corrected chi connectivity index (χ0v) is 12.1. The fourth-order valence-corrected chi connectivity index (χ4v) is 4.89. The van der Waals surface area contributed by atoms with Gasteiger partial charge in [0.2, 0.25) is 5.91 Å². The van der Waals surface area contributed by atoms with E-state index in [2.05, 4.69) is 0 Å². The molecule has 1 aliphatic heterocycles. The van der Waals surface area contributed by atoms with Crippen LogP contribution in [0.4, 0.5) is 0 Å². The molecule has 5 heteroatoms. The van der Waals surface area contributed by atoms with E-state index in [1.165, 1.54) is 0 Å². The molecule has 1 saturated heterocycles. The van der Waals surface area contributed by atoms with Crippen LogP contribution in [0.1, 0.15) is 39.5 Å². The molecule has 0 aromatic rings. The SMILES string of the molecule is CC(C)CS(=O)(=O)C1CN(C(=O)C2CCCC2)C1. The molecule has 2 rings (SSSR count). The molecule has 4 nitrogen and oxygen atoms in total. The second-order valence-electron chi connectivity index (χ2n) is 6.07. The van der Waals surface area contributed by atoms with Crippen LogP contribution < -0.4 is 0 Å². The standard InChI is InChI=1S/C13H23NO3S/c1-10(2)9-18(16,17)12-7-14(8-12)13(15)11-5-3-4-6-11/h10-12H,3-9H2,1-2H3. The highest BCUT2D eigenvalue weighted by Crippen LogP contribution is 2.29. The number of amides is 1. The van der Waals surface area contributed by atoms with E-state index in [1.807, 2.05) is 13.8 Å². The third-order valence-corrected chi connectivity index (χ3v) is 6.38. The first-order valence-electron chi connectivity index (χ1n) is 6.90. The van der Waals surface area contributed by atoms with Gasteiger partial charge < -0.3 is 4.90 Å². The summed E-state index contributed by atoms with van der Waals surface area (Å²) in [6.45, 7) is 4.67. The number of rotatable bonds is 4. The molecule has 0 unspecified atom stereocenters. The molecule has 1 heterocycles. The predicted molar refractivity (Wildman–Crippen MR) is 71.0 cm³/mol. The maximum atomic E-state index is 12.1. The maximum Gasteiger partial charge on any atom is 0.225 e. The van der Waals surface area contributed by atoms with Crippen molar-refractivity contribution >= 4 is 15.7 Å². The van der Waals surface area contributed by atoms with Gasteiger partial charge in [0.15, 0.2) is 9.84 Å². The van der Waals surface area contributed by atoms with Crippen molar-refractivity contribution in [3.8, 4) is 0 Å². The van der Waals surface area contributed by atoms with Gasteiger partial charge >= 0.3 is 0 Å². The largest absolute Gasteiger partial charge is 0.340 e. The summed E-state index contributed by atoms with van der Waals surface area (Å²) in [6.07, 6.45) is 4.25. The van der Waals surface area contributed by atoms with Crippen molar-refractivity contribution in [2.24, 2.45) is 11.8 Å². The quantitative estimate of drug-likeness (QED) is 0.779. The topological polar surface area (TPSA) is 54.5 Å². The highest BCUT2D eigenvalue weighted by molar-refractivity contribution is 7.92. The molecule has 1 saturated carbocycles. The van der Waals surface area contributed by atoms with Crippen LogP contribution in [0.2, 0.25) is 0 Å². The van der Waals surface area contributed by atoms with Crippen LogP contribution >= 0.6 is 0 Å². The number of sulfone groups is 1. The Labute approximate surface area is 110 Å². The Balaban J connectivity index is 1.84. The first kappa shape index (κ1) is 13.8. The van der Waals surface area contributed by atoms with E-state index >= 15 is 0 Å². The van der Waals surface area contributed by atoms with Crippen LogP contribution in [0, 0.1) is 11.8 Å². The average Bonchev–Trinajstić information content (AvgIpc) is 2.63. The normalized spacial score (nSPS) is 22.5. The molecule has 2 aliphatic rings. The number of likely N-dealkylation sites (tertiary alicyclic amines) is 1. The second-order valence-corrected chi connectivity index (χ2v) is 8.40. The summed E-state index contributed by atoms with van der Waals surface area (Å²) in [6, 6.07) is 0. The van der Waals surface area contributed by atoms with Crippen LogP contribution in [-0.4, -0.2) is 43.3 Å². The number of hydrogen-bond donors (Lipinski definition) is 0. The van der Waals surface area contributed by atoms with Crippen molar-refractivity contribution in [2.75, 3.05) is 18.8 Å².